The third kappa shape index (κ3) is 4.42. The summed E-state index contributed by atoms with van der Waals surface area (Å²) in [6.45, 7) is 4.86. The second-order valence-corrected chi connectivity index (χ2v) is 8.12. The zero-order chi connectivity index (χ0) is 18.6. The molecule has 4 rings (SSSR count). The van der Waals surface area contributed by atoms with Gasteiger partial charge in [0.1, 0.15) is 11.6 Å². The van der Waals surface area contributed by atoms with Crippen LogP contribution < -0.4 is 16.0 Å². The highest BCUT2D eigenvalue weighted by Crippen LogP contribution is 2.29. The lowest BCUT2D eigenvalue weighted by molar-refractivity contribution is 0.411. The fourth-order valence-corrected chi connectivity index (χ4v) is 4.16. The fourth-order valence-electron chi connectivity index (χ4n) is 4.04. The second kappa shape index (κ2) is 8.55. The van der Waals surface area contributed by atoms with E-state index in [4.69, 9.17) is 27.3 Å². The van der Waals surface area contributed by atoms with Gasteiger partial charge in [0, 0.05) is 42.2 Å². The van der Waals surface area contributed by atoms with Gasteiger partial charge in [0.15, 0.2) is 0 Å². The van der Waals surface area contributed by atoms with Crippen LogP contribution >= 0.6 is 11.6 Å². The summed E-state index contributed by atoms with van der Waals surface area (Å²) in [5, 5.41) is 4.23. The Morgan fingerprint density at radius 2 is 1.89 bits per heavy atom. The molecule has 1 unspecified atom stereocenters. The summed E-state index contributed by atoms with van der Waals surface area (Å²) in [6.07, 6.45) is 4.59. The van der Waals surface area contributed by atoms with Crippen LogP contribution in [0, 0.1) is 5.92 Å². The molecule has 2 aliphatic rings. The maximum atomic E-state index is 6.07. The molecule has 3 heterocycles. The molecule has 2 aliphatic heterocycles. The first-order valence-corrected chi connectivity index (χ1v) is 10.4. The van der Waals surface area contributed by atoms with Crippen LogP contribution in [-0.2, 0) is 0 Å². The summed E-state index contributed by atoms with van der Waals surface area (Å²) in [6, 6.07) is 10.1. The normalized spacial score (nSPS) is 21.4. The van der Waals surface area contributed by atoms with Crippen LogP contribution in [0.3, 0.4) is 0 Å². The standard InChI is InChI=1S/C21H28ClN5/c22-18-5-3-16(4-6-18)19-12-20(27-10-7-15(13-23)8-11-27)26-21(25-19)17-2-1-9-24-14-17/h3-6,12,15,17,24H,1-2,7-11,13-14,23H2. The zero-order valence-electron chi connectivity index (χ0n) is 15.7. The molecule has 0 radical (unpaired) electrons. The highest BCUT2D eigenvalue weighted by Gasteiger charge is 2.23. The Bertz CT molecular complexity index is 750. The average Bonchev–Trinajstić information content (AvgIpc) is 2.74. The molecule has 1 atom stereocenters. The van der Waals surface area contributed by atoms with Crippen molar-refractivity contribution in [2.24, 2.45) is 11.7 Å². The van der Waals surface area contributed by atoms with Gasteiger partial charge in [0.05, 0.1) is 5.69 Å². The molecule has 0 aliphatic carbocycles. The molecule has 1 aromatic heterocycles. The summed E-state index contributed by atoms with van der Waals surface area (Å²) in [5.41, 5.74) is 7.93. The molecular weight excluding hydrogens is 358 g/mol. The Morgan fingerprint density at radius 1 is 1.11 bits per heavy atom. The van der Waals surface area contributed by atoms with Crippen LogP contribution in [-0.4, -0.2) is 42.7 Å². The van der Waals surface area contributed by atoms with E-state index in [9.17, 15) is 0 Å². The van der Waals surface area contributed by atoms with E-state index in [1.165, 1.54) is 6.42 Å². The van der Waals surface area contributed by atoms with E-state index in [1.54, 1.807) is 0 Å². The third-order valence-electron chi connectivity index (χ3n) is 5.80. The Balaban J connectivity index is 1.67. The molecule has 3 N–H and O–H groups in total. The van der Waals surface area contributed by atoms with Gasteiger partial charge in [-0.05, 0) is 56.8 Å². The molecule has 0 saturated carbocycles. The Morgan fingerprint density at radius 3 is 2.56 bits per heavy atom. The van der Waals surface area contributed by atoms with E-state index in [-0.39, 0.29) is 0 Å². The van der Waals surface area contributed by atoms with Crippen LogP contribution in [0.25, 0.3) is 11.3 Å². The van der Waals surface area contributed by atoms with E-state index in [0.29, 0.717) is 11.8 Å². The number of hydrogen-bond acceptors (Lipinski definition) is 5. The quantitative estimate of drug-likeness (QED) is 0.843. The summed E-state index contributed by atoms with van der Waals surface area (Å²) in [7, 11) is 0. The molecular formula is C21H28ClN5. The van der Waals surface area contributed by atoms with Crippen molar-refractivity contribution in [1.29, 1.82) is 0 Å². The number of hydrogen-bond donors (Lipinski definition) is 2. The van der Waals surface area contributed by atoms with Gasteiger partial charge >= 0.3 is 0 Å². The van der Waals surface area contributed by atoms with Crippen LogP contribution in [0.5, 0.6) is 0 Å². The summed E-state index contributed by atoms with van der Waals surface area (Å²) in [4.78, 5) is 12.3. The molecule has 0 bridgehead atoms. The number of nitrogens with zero attached hydrogens (tertiary/aromatic N) is 3. The highest BCUT2D eigenvalue weighted by atomic mass is 35.5. The van der Waals surface area contributed by atoms with E-state index < -0.39 is 0 Å². The van der Waals surface area contributed by atoms with Gasteiger partial charge in [0.2, 0.25) is 0 Å². The molecule has 6 heteroatoms. The second-order valence-electron chi connectivity index (χ2n) is 7.69. The third-order valence-corrected chi connectivity index (χ3v) is 6.06. The van der Waals surface area contributed by atoms with Crippen molar-refractivity contribution in [3.8, 4) is 11.3 Å². The van der Waals surface area contributed by atoms with Crippen molar-refractivity contribution in [3.63, 3.8) is 0 Å². The maximum absolute atomic E-state index is 6.07. The molecule has 0 spiro atoms. The number of aromatic nitrogens is 2. The molecule has 27 heavy (non-hydrogen) atoms. The number of nitrogens with one attached hydrogen (secondary N) is 1. The SMILES string of the molecule is NCC1CCN(c2cc(-c3ccc(Cl)cc3)nc(C3CCCNC3)n2)CC1. The fraction of sp³-hybridized carbons (Fsp3) is 0.524. The Labute approximate surface area is 166 Å². The maximum Gasteiger partial charge on any atom is 0.135 e. The number of benzene rings is 1. The number of halogens is 1. The van der Waals surface area contributed by atoms with Crippen molar-refractivity contribution in [2.45, 2.75) is 31.6 Å². The molecule has 2 aromatic rings. The molecule has 2 fully saturated rings. The smallest absolute Gasteiger partial charge is 0.135 e. The summed E-state index contributed by atoms with van der Waals surface area (Å²) in [5.74, 6) is 3.03. The number of rotatable bonds is 4. The molecule has 144 valence electrons. The minimum atomic E-state index is 0.381. The Kier molecular flexibility index (Phi) is 5.91. The van der Waals surface area contributed by atoms with Crippen LogP contribution in [0.2, 0.25) is 5.02 Å². The molecule has 0 amide bonds. The van der Waals surface area contributed by atoms with Crippen molar-refractivity contribution in [2.75, 3.05) is 37.6 Å². The number of anilines is 1. The molecule has 2 saturated heterocycles. The Hall–Kier alpha value is -1.69. The lowest BCUT2D eigenvalue weighted by atomic mass is 9.96. The monoisotopic (exact) mass is 385 g/mol. The number of nitrogens with two attached hydrogens (primary N) is 1. The van der Waals surface area contributed by atoms with Gasteiger partial charge in [-0.15, -0.1) is 0 Å². The van der Waals surface area contributed by atoms with Gasteiger partial charge in [-0.25, -0.2) is 9.97 Å². The average molecular weight is 386 g/mol. The first kappa shape index (κ1) is 18.7. The number of piperidine rings is 2. The summed E-state index contributed by atoms with van der Waals surface area (Å²) >= 11 is 6.07. The minimum absolute atomic E-state index is 0.381. The van der Waals surface area contributed by atoms with E-state index in [0.717, 1.165) is 79.9 Å². The van der Waals surface area contributed by atoms with Crippen LogP contribution in [0.15, 0.2) is 30.3 Å². The van der Waals surface area contributed by atoms with Crippen LogP contribution in [0.4, 0.5) is 5.82 Å². The highest BCUT2D eigenvalue weighted by molar-refractivity contribution is 6.30. The van der Waals surface area contributed by atoms with Gasteiger partial charge in [0.25, 0.3) is 0 Å². The van der Waals surface area contributed by atoms with Crippen molar-refractivity contribution < 1.29 is 0 Å². The predicted octanol–water partition coefficient (Wildman–Crippen LogP) is 3.44. The topological polar surface area (TPSA) is 67.1 Å². The minimum Gasteiger partial charge on any atom is -0.356 e. The van der Waals surface area contributed by atoms with E-state index in [1.807, 2.05) is 24.3 Å². The first-order chi connectivity index (χ1) is 13.2. The van der Waals surface area contributed by atoms with Gasteiger partial charge < -0.3 is 16.0 Å². The summed E-state index contributed by atoms with van der Waals surface area (Å²) < 4.78 is 0. The lowest BCUT2D eigenvalue weighted by Gasteiger charge is -2.33. The zero-order valence-corrected chi connectivity index (χ0v) is 16.5. The van der Waals surface area contributed by atoms with Crippen LogP contribution in [0.1, 0.15) is 37.4 Å². The van der Waals surface area contributed by atoms with Crippen molar-refractivity contribution in [3.05, 3.63) is 41.2 Å². The van der Waals surface area contributed by atoms with Gasteiger partial charge in [-0.1, -0.05) is 23.7 Å². The van der Waals surface area contributed by atoms with Crippen molar-refractivity contribution >= 4 is 17.4 Å². The van der Waals surface area contributed by atoms with Gasteiger partial charge in [-0.3, -0.25) is 0 Å². The van der Waals surface area contributed by atoms with Gasteiger partial charge in [-0.2, -0.15) is 0 Å². The molecule has 5 nitrogen and oxygen atoms in total. The van der Waals surface area contributed by atoms with E-state index >= 15 is 0 Å². The molecule has 1 aromatic carbocycles. The largest absolute Gasteiger partial charge is 0.356 e. The predicted molar refractivity (Wildman–Crippen MR) is 111 cm³/mol. The van der Waals surface area contributed by atoms with Crippen molar-refractivity contribution in [1.82, 2.24) is 15.3 Å². The van der Waals surface area contributed by atoms with E-state index in [2.05, 4.69) is 16.3 Å². The first-order valence-electron chi connectivity index (χ1n) is 10.0. The lowest BCUT2D eigenvalue weighted by Crippen LogP contribution is -2.37.